The van der Waals surface area contributed by atoms with Crippen LogP contribution in [0.3, 0.4) is 0 Å². The third kappa shape index (κ3) is 3.76. The number of fused-ring (bicyclic) bond motifs is 1. The fourth-order valence-corrected chi connectivity index (χ4v) is 4.28. The molecule has 160 valence electrons. The lowest BCUT2D eigenvalue weighted by Gasteiger charge is -2.41. The van der Waals surface area contributed by atoms with Crippen LogP contribution in [-0.4, -0.2) is 75.9 Å². The van der Waals surface area contributed by atoms with Crippen LogP contribution in [0.1, 0.15) is 53.0 Å². The van der Waals surface area contributed by atoms with Crippen molar-refractivity contribution >= 4 is 23.6 Å². The summed E-state index contributed by atoms with van der Waals surface area (Å²) in [5, 5.41) is 15.7. The van der Waals surface area contributed by atoms with E-state index in [-0.39, 0.29) is 24.4 Å². The maximum atomic E-state index is 13.2. The molecule has 1 unspecified atom stereocenters. The first-order chi connectivity index (χ1) is 14.2. The molecule has 1 aromatic rings. The molecule has 0 bridgehead atoms. The van der Waals surface area contributed by atoms with Gasteiger partial charge in [-0.05, 0) is 31.9 Å². The van der Waals surface area contributed by atoms with Gasteiger partial charge in [0.1, 0.15) is 6.04 Å². The van der Waals surface area contributed by atoms with Crippen molar-refractivity contribution in [3.8, 4) is 0 Å². The summed E-state index contributed by atoms with van der Waals surface area (Å²) in [6, 6.07) is 4.38. The van der Waals surface area contributed by atoms with Crippen LogP contribution in [0.4, 0.5) is 0 Å². The standard InChI is InChI=1S/C21H26N4O5/c1-21(2,30)11-24(13-8-22-9-13)10-12-4-3-5-14-17(12)20(29)25(19(14)28)15-6-7-16(26)23-18(15)27/h3-5,13,15,22,30H,6-11H2,1-2H3,(H,23,26,27). The molecule has 0 aromatic heterocycles. The Bertz CT molecular complexity index is 918. The molecule has 1 atom stereocenters. The van der Waals surface area contributed by atoms with Gasteiger partial charge in [-0.1, -0.05) is 12.1 Å². The Labute approximate surface area is 174 Å². The third-order valence-corrected chi connectivity index (χ3v) is 5.79. The van der Waals surface area contributed by atoms with E-state index in [2.05, 4.69) is 15.5 Å². The highest BCUT2D eigenvalue weighted by Gasteiger charge is 2.45. The molecule has 9 heteroatoms. The van der Waals surface area contributed by atoms with E-state index in [1.807, 2.05) is 0 Å². The lowest BCUT2D eigenvalue weighted by atomic mass is 9.99. The molecule has 4 amide bonds. The highest BCUT2D eigenvalue weighted by Crippen LogP contribution is 2.31. The number of amides is 4. The molecule has 0 radical (unpaired) electrons. The molecule has 2 fully saturated rings. The fourth-order valence-electron chi connectivity index (χ4n) is 4.28. The van der Waals surface area contributed by atoms with Crippen LogP contribution in [0, 0.1) is 0 Å². The molecule has 2 saturated heterocycles. The Balaban J connectivity index is 1.63. The van der Waals surface area contributed by atoms with Gasteiger partial charge in [-0.3, -0.25) is 34.3 Å². The number of piperidine rings is 1. The van der Waals surface area contributed by atoms with Crippen LogP contribution >= 0.6 is 0 Å². The summed E-state index contributed by atoms with van der Waals surface area (Å²) in [6.45, 7) is 5.88. The second-order valence-corrected chi connectivity index (χ2v) is 8.82. The van der Waals surface area contributed by atoms with Gasteiger partial charge in [-0.15, -0.1) is 0 Å². The number of benzene rings is 1. The monoisotopic (exact) mass is 414 g/mol. The number of nitrogens with one attached hydrogen (secondary N) is 2. The van der Waals surface area contributed by atoms with E-state index < -0.39 is 35.3 Å². The van der Waals surface area contributed by atoms with Crippen LogP contribution in [0.2, 0.25) is 0 Å². The maximum Gasteiger partial charge on any atom is 0.262 e. The topological polar surface area (TPSA) is 119 Å². The van der Waals surface area contributed by atoms with Crippen molar-refractivity contribution in [1.82, 2.24) is 20.4 Å². The number of nitrogens with zero attached hydrogens (tertiary/aromatic N) is 2. The molecular formula is C21H26N4O5. The van der Waals surface area contributed by atoms with Crippen molar-refractivity contribution in [2.75, 3.05) is 19.6 Å². The number of imide groups is 2. The van der Waals surface area contributed by atoms with Crippen LogP contribution in [-0.2, 0) is 16.1 Å². The van der Waals surface area contributed by atoms with E-state index in [4.69, 9.17) is 0 Å². The van der Waals surface area contributed by atoms with Gasteiger partial charge in [0.25, 0.3) is 11.8 Å². The molecular weight excluding hydrogens is 388 g/mol. The zero-order valence-electron chi connectivity index (χ0n) is 17.1. The van der Waals surface area contributed by atoms with Gasteiger partial charge in [0, 0.05) is 38.6 Å². The quantitative estimate of drug-likeness (QED) is 0.544. The number of rotatable bonds is 6. The van der Waals surface area contributed by atoms with Crippen molar-refractivity contribution in [2.24, 2.45) is 0 Å². The molecule has 0 spiro atoms. The van der Waals surface area contributed by atoms with Crippen molar-refractivity contribution < 1.29 is 24.3 Å². The van der Waals surface area contributed by atoms with Crippen molar-refractivity contribution in [3.63, 3.8) is 0 Å². The first-order valence-electron chi connectivity index (χ1n) is 10.2. The smallest absolute Gasteiger partial charge is 0.262 e. The Hall–Kier alpha value is -2.62. The molecule has 3 heterocycles. The van der Waals surface area contributed by atoms with Gasteiger partial charge < -0.3 is 10.4 Å². The highest BCUT2D eigenvalue weighted by atomic mass is 16.3. The molecule has 3 aliphatic rings. The molecule has 1 aromatic carbocycles. The summed E-state index contributed by atoms with van der Waals surface area (Å²) in [7, 11) is 0. The van der Waals surface area contributed by atoms with E-state index in [0.29, 0.717) is 24.2 Å². The third-order valence-electron chi connectivity index (χ3n) is 5.79. The summed E-state index contributed by atoms with van der Waals surface area (Å²) in [6.07, 6.45) is 0.217. The lowest BCUT2D eigenvalue weighted by Crippen LogP contribution is -2.59. The Morgan fingerprint density at radius 3 is 2.50 bits per heavy atom. The molecule has 30 heavy (non-hydrogen) atoms. The molecule has 9 nitrogen and oxygen atoms in total. The van der Waals surface area contributed by atoms with E-state index in [1.165, 1.54) is 0 Å². The fraction of sp³-hybridized carbons (Fsp3) is 0.524. The number of carbonyl (C=O) groups excluding carboxylic acids is 4. The van der Waals surface area contributed by atoms with Gasteiger partial charge in [-0.25, -0.2) is 0 Å². The lowest BCUT2D eigenvalue weighted by molar-refractivity contribution is -0.136. The summed E-state index contributed by atoms with van der Waals surface area (Å²) in [4.78, 5) is 53.0. The van der Waals surface area contributed by atoms with E-state index in [1.54, 1.807) is 32.0 Å². The largest absolute Gasteiger partial charge is 0.389 e. The SMILES string of the molecule is CC(C)(O)CN(Cc1cccc2c1C(=O)N(C1CCC(=O)NC1=O)C2=O)C1CNC1. The zero-order valence-corrected chi connectivity index (χ0v) is 17.1. The number of carbonyl (C=O) groups is 4. The van der Waals surface area contributed by atoms with Gasteiger partial charge in [-0.2, -0.15) is 0 Å². The predicted molar refractivity (Wildman–Crippen MR) is 106 cm³/mol. The summed E-state index contributed by atoms with van der Waals surface area (Å²) in [5.41, 5.74) is 0.362. The minimum atomic E-state index is -0.980. The van der Waals surface area contributed by atoms with Crippen LogP contribution < -0.4 is 10.6 Å². The van der Waals surface area contributed by atoms with Gasteiger partial charge in [0.15, 0.2) is 0 Å². The second kappa shape index (κ2) is 7.57. The Morgan fingerprint density at radius 2 is 1.90 bits per heavy atom. The first kappa shape index (κ1) is 20.6. The molecule has 0 aliphatic carbocycles. The minimum Gasteiger partial charge on any atom is -0.389 e. The van der Waals surface area contributed by atoms with Crippen LogP contribution in [0.15, 0.2) is 18.2 Å². The summed E-state index contributed by atoms with van der Waals surface area (Å²) >= 11 is 0. The molecule has 3 aliphatic heterocycles. The minimum absolute atomic E-state index is 0.0880. The van der Waals surface area contributed by atoms with Crippen LogP contribution in [0.5, 0.6) is 0 Å². The highest BCUT2D eigenvalue weighted by molar-refractivity contribution is 6.24. The van der Waals surface area contributed by atoms with E-state index in [0.717, 1.165) is 18.0 Å². The van der Waals surface area contributed by atoms with E-state index >= 15 is 0 Å². The Morgan fingerprint density at radius 1 is 1.17 bits per heavy atom. The van der Waals surface area contributed by atoms with Gasteiger partial charge in [0.05, 0.1) is 16.7 Å². The van der Waals surface area contributed by atoms with Gasteiger partial charge in [0.2, 0.25) is 11.8 Å². The van der Waals surface area contributed by atoms with Crippen molar-refractivity contribution in [1.29, 1.82) is 0 Å². The maximum absolute atomic E-state index is 13.2. The first-order valence-corrected chi connectivity index (χ1v) is 10.2. The average Bonchev–Trinajstić information content (AvgIpc) is 2.84. The zero-order chi connectivity index (χ0) is 21.6. The average molecular weight is 414 g/mol. The van der Waals surface area contributed by atoms with Crippen molar-refractivity contribution in [2.45, 2.75) is 50.9 Å². The van der Waals surface area contributed by atoms with Gasteiger partial charge >= 0.3 is 0 Å². The summed E-state index contributed by atoms with van der Waals surface area (Å²) < 4.78 is 0. The molecule has 0 saturated carbocycles. The normalized spacial score (nSPS) is 22.4. The number of hydrogen-bond donors (Lipinski definition) is 3. The number of hydrogen-bond acceptors (Lipinski definition) is 7. The predicted octanol–water partition coefficient (Wildman–Crippen LogP) is -0.367. The molecule has 3 N–H and O–H groups in total. The Kier molecular flexibility index (Phi) is 5.21. The van der Waals surface area contributed by atoms with Crippen LogP contribution in [0.25, 0.3) is 0 Å². The second-order valence-electron chi connectivity index (χ2n) is 8.82. The summed E-state index contributed by atoms with van der Waals surface area (Å²) in [5.74, 6) is -2.03. The number of aliphatic hydroxyl groups is 1. The van der Waals surface area contributed by atoms with Crippen molar-refractivity contribution in [3.05, 3.63) is 34.9 Å². The molecule has 4 rings (SSSR count). The van der Waals surface area contributed by atoms with E-state index in [9.17, 15) is 24.3 Å².